The first-order chi connectivity index (χ1) is 14.2. The normalized spacial score (nSPS) is 14.6. The van der Waals surface area contributed by atoms with E-state index in [0.717, 1.165) is 49.1 Å². The van der Waals surface area contributed by atoms with Crippen molar-refractivity contribution >= 4 is 28.8 Å². The molecular weight excluding hydrogens is 366 g/mol. The fraction of sp³-hybridized carbons (Fsp3) is 0.286. The van der Waals surface area contributed by atoms with Gasteiger partial charge in [-0.15, -0.1) is 0 Å². The van der Waals surface area contributed by atoms with Gasteiger partial charge in [0, 0.05) is 57.0 Å². The van der Waals surface area contributed by atoms with Gasteiger partial charge in [0.25, 0.3) is 0 Å². The van der Waals surface area contributed by atoms with Crippen LogP contribution in [0.1, 0.15) is 0 Å². The predicted octanol–water partition coefficient (Wildman–Crippen LogP) is 2.32. The summed E-state index contributed by atoms with van der Waals surface area (Å²) >= 11 is 0. The molecule has 1 aliphatic heterocycles. The van der Waals surface area contributed by atoms with E-state index in [0.29, 0.717) is 6.54 Å². The maximum atomic E-state index is 12.5. The lowest BCUT2D eigenvalue weighted by Gasteiger charge is -2.34. The smallest absolute Gasteiger partial charge is 0.238 e. The molecule has 0 unspecified atom stereocenters. The monoisotopic (exact) mass is 391 g/mol. The maximum absolute atomic E-state index is 12.5. The van der Waals surface area contributed by atoms with Crippen molar-refractivity contribution in [1.29, 1.82) is 0 Å². The van der Waals surface area contributed by atoms with Gasteiger partial charge in [0.05, 0.1) is 18.4 Å². The Bertz CT molecular complexity index is 948. The molecule has 8 nitrogen and oxygen atoms in total. The Labute approximate surface area is 170 Å². The number of nitrogens with one attached hydrogen (secondary N) is 2. The number of piperazine rings is 1. The zero-order valence-electron chi connectivity index (χ0n) is 16.5. The van der Waals surface area contributed by atoms with E-state index in [1.807, 2.05) is 61.9 Å². The Hall–Kier alpha value is -3.39. The molecule has 3 heterocycles. The van der Waals surface area contributed by atoms with E-state index in [2.05, 4.69) is 30.5 Å². The number of hydrogen-bond acceptors (Lipinski definition) is 6. The molecule has 29 heavy (non-hydrogen) atoms. The van der Waals surface area contributed by atoms with Gasteiger partial charge in [-0.05, 0) is 30.3 Å². The van der Waals surface area contributed by atoms with Crippen LogP contribution >= 0.6 is 0 Å². The first-order valence-corrected chi connectivity index (χ1v) is 9.70. The summed E-state index contributed by atoms with van der Waals surface area (Å²) in [5.74, 6) is 0.990. The molecule has 1 aromatic carbocycles. The summed E-state index contributed by atoms with van der Waals surface area (Å²) in [6, 6.07) is 13.6. The number of rotatable bonds is 6. The molecule has 0 saturated carbocycles. The minimum absolute atomic E-state index is 0.00480. The van der Waals surface area contributed by atoms with Gasteiger partial charge >= 0.3 is 0 Å². The molecule has 0 radical (unpaired) electrons. The third-order valence-corrected chi connectivity index (χ3v) is 4.85. The second-order valence-corrected chi connectivity index (χ2v) is 7.11. The molecule has 150 valence electrons. The summed E-state index contributed by atoms with van der Waals surface area (Å²) in [5, 5.41) is 10.4. The Morgan fingerprint density at radius 3 is 2.59 bits per heavy atom. The Morgan fingerprint density at radius 1 is 1.03 bits per heavy atom. The molecule has 0 bridgehead atoms. The standard InChI is InChI=1S/C21H25N7O/c1-26-15-19(14-23-26)24-17-5-4-6-18(13-17)25-21(29)16-27-9-11-28(12-10-27)20-7-2-3-8-22-20/h2-8,13-15,24H,9-12,16H2,1H3,(H,25,29). The number of hydrogen-bond donors (Lipinski definition) is 2. The van der Waals surface area contributed by atoms with Crippen molar-refractivity contribution in [1.82, 2.24) is 19.7 Å². The average Bonchev–Trinajstić information content (AvgIpc) is 3.14. The third kappa shape index (κ3) is 5.11. The van der Waals surface area contributed by atoms with E-state index in [1.54, 1.807) is 10.9 Å². The SMILES string of the molecule is Cn1cc(Nc2cccc(NC(=O)CN3CCN(c4ccccn4)CC3)c2)cn1. The molecule has 2 aromatic heterocycles. The number of amides is 1. The van der Waals surface area contributed by atoms with Crippen molar-refractivity contribution in [3.63, 3.8) is 0 Å². The van der Waals surface area contributed by atoms with Crippen LogP contribution in [-0.4, -0.2) is 58.3 Å². The topological polar surface area (TPSA) is 78.3 Å². The molecule has 2 N–H and O–H groups in total. The minimum atomic E-state index is -0.00480. The fourth-order valence-corrected chi connectivity index (χ4v) is 3.41. The van der Waals surface area contributed by atoms with Crippen molar-refractivity contribution in [2.24, 2.45) is 7.05 Å². The highest BCUT2D eigenvalue weighted by atomic mass is 16.2. The van der Waals surface area contributed by atoms with Gasteiger partial charge in [-0.2, -0.15) is 5.10 Å². The van der Waals surface area contributed by atoms with E-state index < -0.39 is 0 Å². The van der Waals surface area contributed by atoms with Crippen LogP contribution in [0.15, 0.2) is 61.1 Å². The lowest BCUT2D eigenvalue weighted by atomic mass is 10.2. The molecule has 1 amide bonds. The number of carbonyl (C=O) groups excluding carboxylic acids is 1. The van der Waals surface area contributed by atoms with E-state index in [-0.39, 0.29) is 5.91 Å². The Morgan fingerprint density at radius 2 is 1.86 bits per heavy atom. The Balaban J connectivity index is 1.27. The van der Waals surface area contributed by atoms with Crippen LogP contribution in [0, 0.1) is 0 Å². The summed E-state index contributed by atoms with van der Waals surface area (Å²) in [7, 11) is 1.87. The number of carbonyl (C=O) groups is 1. The molecule has 1 saturated heterocycles. The van der Waals surface area contributed by atoms with Crippen LogP contribution in [0.3, 0.4) is 0 Å². The number of pyridine rings is 1. The highest BCUT2D eigenvalue weighted by molar-refractivity contribution is 5.92. The van der Waals surface area contributed by atoms with Gasteiger partial charge in [0.2, 0.25) is 5.91 Å². The second-order valence-electron chi connectivity index (χ2n) is 7.11. The zero-order chi connectivity index (χ0) is 20.1. The molecule has 0 atom stereocenters. The predicted molar refractivity (Wildman–Crippen MR) is 114 cm³/mol. The van der Waals surface area contributed by atoms with Crippen LogP contribution in [-0.2, 0) is 11.8 Å². The number of aromatic nitrogens is 3. The van der Waals surface area contributed by atoms with Gasteiger partial charge in [-0.1, -0.05) is 12.1 Å². The lowest BCUT2D eigenvalue weighted by Crippen LogP contribution is -2.48. The number of nitrogens with zero attached hydrogens (tertiary/aromatic N) is 5. The maximum Gasteiger partial charge on any atom is 0.238 e. The first-order valence-electron chi connectivity index (χ1n) is 9.70. The van der Waals surface area contributed by atoms with Crippen LogP contribution in [0.25, 0.3) is 0 Å². The van der Waals surface area contributed by atoms with Gasteiger partial charge in [-0.3, -0.25) is 14.4 Å². The number of anilines is 4. The van der Waals surface area contributed by atoms with Gasteiger partial charge in [-0.25, -0.2) is 4.98 Å². The number of aryl methyl sites for hydroxylation is 1. The highest BCUT2D eigenvalue weighted by Crippen LogP contribution is 2.20. The highest BCUT2D eigenvalue weighted by Gasteiger charge is 2.19. The van der Waals surface area contributed by atoms with Gasteiger partial charge in [0.15, 0.2) is 0 Å². The first kappa shape index (κ1) is 18.9. The zero-order valence-corrected chi connectivity index (χ0v) is 16.5. The largest absolute Gasteiger partial charge is 0.354 e. The van der Waals surface area contributed by atoms with E-state index in [1.165, 1.54) is 0 Å². The third-order valence-electron chi connectivity index (χ3n) is 4.85. The van der Waals surface area contributed by atoms with Crippen LogP contribution in [0.2, 0.25) is 0 Å². The summed E-state index contributed by atoms with van der Waals surface area (Å²) in [6.07, 6.45) is 5.47. The molecule has 0 spiro atoms. The summed E-state index contributed by atoms with van der Waals surface area (Å²) < 4.78 is 1.74. The van der Waals surface area contributed by atoms with Gasteiger partial charge in [0.1, 0.15) is 5.82 Å². The van der Waals surface area contributed by atoms with Crippen molar-refractivity contribution in [2.45, 2.75) is 0 Å². The van der Waals surface area contributed by atoms with E-state index in [9.17, 15) is 4.79 Å². The summed E-state index contributed by atoms with van der Waals surface area (Å²) in [4.78, 5) is 21.3. The quantitative estimate of drug-likeness (QED) is 0.672. The lowest BCUT2D eigenvalue weighted by molar-refractivity contribution is -0.117. The molecule has 0 aliphatic carbocycles. The van der Waals surface area contributed by atoms with Crippen molar-refractivity contribution in [3.05, 3.63) is 61.1 Å². The minimum Gasteiger partial charge on any atom is -0.354 e. The van der Waals surface area contributed by atoms with E-state index >= 15 is 0 Å². The van der Waals surface area contributed by atoms with Crippen LogP contribution < -0.4 is 15.5 Å². The Kier molecular flexibility index (Phi) is 5.71. The van der Waals surface area contributed by atoms with Crippen molar-refractivity contribution < 1.29 is 4.79 Å². The van der Waals surface area contributed by atoms with E-state index in [4.69, 9.17) is 0 Å². The second kappa shape index (κ2) is 8.74. The van der Waals surface area contributed by atoms with Gasteiger partial charge < -0.3 is 15.5 Å². The molecule has 1 aliphatic rings. The van der Waals surface area contributed by atoms with Crippen LogP contribution in [0.4, 0.5) is 22.9 Å². The number of benzene rings is 1. The van der Waals surface area contributed by atoms with Crippen LogP contribution in [0.5, 0.6) is 0 Å². The molecule has 8 heteroatoms. The molecule has 3 aromatic rings. The fourth-order valence-electron chi connectivity index (χ4n) is 3.41. The van der Waals surface area contributed by atoms with Crippen molar-refractivity contribution in [3.8, 4) is 0 Å². The molecule has 4 rings (SSSR count). The summed E-state index contributed by atoms with van der Waals surface area (Å²) in [5.41, 5.74) is 2.58. The van der Waals surface area contributed by atoms with Crippen molar-refractivity contribution in [2.75, 3.05) is 48.3 Å². The molecular formula is C21H25N7O. The average molecular weight is 391 g/mol. The molecule has 1 fully saturated rings. The summed E-state index contributed by atoms with van der Waals surface area (Å²) in [6.45, 7) is 3.80.